The van der Waals surface area contributed by atoms with Crippen LogP contribution in [0.2, 0.25) is 5.02 Å². The van der Waals surface area contributed by atoms with Gasteiger partial charge in [0, 0.05) is 22.2 Å². The summed E-state index contributed by atoms with van der Waals surface area (Å²) in [5.41, 5.74) is 2.89. The summed E-state index contributed by atoms with van der Waals surface area (Å²) in [6.07, 6.45) is 3.44. The van der Waals surface area contributed by atoms with Crippen LogP contribution in [0.3, 0.4) is 0 Å². The Hall–Kier alpha value is -2.81. The zero-order chi connectivity index (χ0) is 18.3. The van der Waals surface area contributed by atoms with E-state index in [4.69, 9.17) is 16.7 Å². The van der Waals surface area contributed by atoms with Crippen molar-refractivity contribution in [2.45, 2.75) is 4.90 Å². The Bertz CT molecular complexity index is 1220. The molecule has 4 aromatic rings. The number of primary sulfonamides is 1. The second kappa shape index (κ2) is 6.17. The molecule has 2 aromatic heterocycles. The van der Waals surface area contributed by atoms with Crippen molar-refractivity contribution in [3.63, 3.8) is 0 Å². The van der Waals surface area contributed by atoms with E-state index in [1.807, 2.05) is 12.1 Å². The minimum absolute atomic E-state index is 0.0469. The van der Waals surface area contributed by atoms with Crippen molar-refractivity contribution >= 4 is 32.5 Å². The number of hydrogen-bond acceptors (Lipinski definition) is 5. The molecule has 130 valence electrons. The van der Waals surface area contributed by atoms with Crippen molar-refractivity contribution in [2.75, 3.05) is 0 Å². The van der Waals surface area contributed by atoms with Crippen LogP contribution in [-0.2, 0) is 10.0 Å². The first-order valence-electron chi connectivity index (χ1n) is 7.52. The summed E-state index contributed by atoms with van der Waals surface area (Å²) in [4.78, 5) is 4.36. The standard InChI is InChI=1S/C17H12ClN5O2S/c18-12-3-6-14-15(9-12)20-8-7-17(14)23-10-16(21-22-23)11-1-4-13(5-2-11)26(19,24)25/h1-10H,(H2,19,24,25). The van der Waals surface area contributed by atoms with Gasteiger partial charge in [0.1, 0.15) is 5.69 Å². The predicted octanol–water partition coefficient (Wildman–Crippen LogP) is 2.78. The van der Waals surface area contributed by atoms with Gasteiger partial charge in [0.25, 0.3) is 0 Å². The van der Waals surface area contributed by atoms with Crippen LogP contribution in [0.1, 0.15) is 0 Å². The molecule has 0 saturated carbocycles. The average Bonchev–Trinajstić information content (AvgIpc) is 3.10. The number of halogens is 1. The first kappa shape index (κ1) is 16.6. The highest BCUT2D eigenvalue weighted by atomic mass is 35.5. The van der Waals surface area contributed by atoms with Gasteiger partial charge in [0.15, 0.2) is 0 Å². The molecule has 0 fully saturated rings. The number of fused-ring (bicyclic) bond motifs is 1. The van der Waals surface area contributed by atoms with E-state index in [1.165, 1.54) is 12.1 Å². The maximum atomic E-state index is 11.3. The largest absolute Gasteiger partial charge is 0.256 e. The Kier molecular flexibility index (Phi) is 3.95. The minimum atomic E-state index is -3.73. The molecule has 0 saturated heterocycles. The highest BCUT2D eigenvalue weighted by Gasteiger charge is 2.11. The summed E-state index contributed by atoms with van der Waals surface area (Å²) in [6, 6.07) is 13.4. The summed E-state index contributed by atoms with van der Waals surface area (Å²) in [5, 5.41) is 14.9. The van der Waals surface area contributed by atoms with Gasteiger partial charge in [-0.05, 0) is 36.4 Å². The van der Waals surface area contributed by atoms with Gasteiger partial charge in [-0.25, -0.2) is 18.2 Å². The Morgan fingerprint density at radius 3 is 2.54 bits per heavy atom. The highest BCUT2D eigenvalue weighted by Crippen LogP contribution is 2.25. The third kappa shape index (κ3) is 3.05. The monoisotopic (exact) mass is 385 g/mol. The molecule has 2 aromatic carbocycles. The minimum Gasteiger partial charge on any atom is -0.256 e. The fourth-order valence-corrected chi connectivity index (χ4v) is 3.32. The topological polar surface area (TPSA) is 104 Å². The van der Waals surface area contributed by atoms with Gasteiger partial charge in [0.05, 0.1) is 22.3 Å². The van der Waals surface area contributed by atoms with Crippen LogP contribution in [0.4, 0.5) is 0 Å². The van der Waals surface area contributed by atoms with E-state index >= 15 is 0 Å². The van der Waals surface area contributed by atoms with Crippen molar-refractivity contribution in [1.82, 2.24) is 20.0 Å². The average molecular weight is 386 g/mol. The van der Waals surface area contributed by atoms with Gasteiger partial charge < -0.3 is 0 Å². The molecule has 4 rings (SSSR count). The molecular weight excluding hydrogens is 374 g/mol. The summed E-state index contributed by atoms with van der Waals surface area (Å²) < 4.78 is 24.3. The van der Waals surface area contributed by atoms with E-state index in [-0.39, 0.29) is 4.90 Å². The van der Waals surface area contributed by atoms with Crippen LogP contribution in [0.5, 0.6) is 0 Å². The number of aromatic nitrogens is 4. The number of hydrogen-bond donors (Lipinski definition) is 1. The molecule has 2 heterocycles. The molecule has 7 nitrogen and oxygen atoms in total. The maximum Gasteiger partial charge on any atom is 0.238 e. The predicted molar refractivity (Wildman–Crippen MR) is 98.5 cm³/mol. The van der Waals surface area contributed by atoms with Gasteiger partial charge in [-0.15, -0.1) is 5.10 Å². The normalized spacial score (nSPS) is 11.8. The summed E-state index contributed by atoms with van der Waals surface area (Å²) in [5.74, 6) is 0. The zero-order valence-electron chi connectivity index (χ0n) is 13.2. The van der Waals surface area contributed by atoms with Gasteiger partial charge in [-0.3, -0.25) is 4.98 Å². The van der Waals surface area contributed by atoms with E-state index in [9.17, 15) is 8.42 Å². The second-order valence-electron chi connectivity index (χ2n) is 5.61. The zero-order valence-corrected chi connectivity index (χ0v) is 14.8. The van der Waals surface area contributed by atoms with Gasteiger partial charge >= 0.3 is 0 Å². The summed E-state index contributed by atoms with van der Waals surface area (Å²) >= 11 is 6.02. The molecule has 0 aliphatic heterocycles. The third-order valence-corrected chi connectivity index (χ3v) is 5.06. The van der Waals surface area contributed by atoms with Crippen LogP contribution >= 0.6 is 11.6 Å². The van der Waals surface area contributed by atoms with Crippen molar-refractivity contribution in [3.8, 4) is 16.9 Å². The Labute approximate surface area is 154 Å². The van der Waals surface area contributed by atoms with Crippen LogP contribution in [-0.4, -0.2) is 28.4 Å². The Balaban J connectivity index is 1.75. The molecule has 0 radical (unpaired) electrons. The van der Waals surface area contributed by atoms with E-state index < -0.39 is 10.0 Å². The molecule has 9 heteroatoms. The van der Waals surface area contributed by atoms with E-state index in [2.05, 4.69) is 15.3 Å². The third-order valence-electron chi connectivity index (χ3n) is 3.90. The Morgan fingerprint density at radius 2 is 1.81 bits per heavy atom. The van der Waals surface area contributed by atoms with Gasteiger partial charge in [0.2, 0.25) is 10.0 Å². The number of nitrogens with zero attached hydrogens (tertiary/aromatic N) is 4. The number of pyridine rings is 1. The van der Waals surface area contributed by atoms with Crippen molar-refractivity contribution in [2.24, 2.45) is 5.14 Å². The molecule has 0 amide bonds. The quantitative estimate of drug-likeness (QED) is 0.584. The smallest absolute Gasteiger partial charge is 0.238 e. The van der Waals surface area contributed by atoms with Crippen molar-refractivity contribution in [1.29, 1.82) is 0 Å². The molecule has 0 atom stereocenters. The van der Waals surface area contributed by atoms with Gasteiger partial charge in [-0.1, -0.05) is 28.9 Å². The van der Waals surface area contributed by atoms with E-state index in [1.54, 1.807) is 41.3 Å². The molecule has 0 aliphatic rings. The summed E-state index contributed by atoms with van der Waals surface area (Å²) in [7, 11) is -3.73. The Morgan fingerprint density at radius 1 is 1.04 bits per heavy atom. The molecule has 0 spiro atoms. The van der Waals surface area contributed by atoms with E-state index in [0.29, 0.717) is 10.7 Å². The number of sulfonamides is 1. The van der Waals surface area contributed by atoms with Crippen LogP contribution in [0.25, 0.3) is 27.8 Å². The fraction of sp³-hybridized carbons (Fsp3) is 0. The lowest BCUT2D eigenvalue weighted by atomic mass is 10.1. The molecule has 0 unspecified atom stereocenters. The van der Waals surface area contributed by atoms with E-state index in [0.717, 1.165) is 22.2 Å². The number of nitrogens with two attached hydrogens (primary N) is 1. The second-order valence-corrected chi connectivity index (χ2v) is 7.61. The summed E-state index contributed by atoms with van der Waals surface area (Å²) in [6.45, 7) is 0. The lowest BCUT2D eigenvalue weighted by Crippen LogP contribution is -2.11. The lowest BCUT2D eigenvalue weighted by molar-refractivity contribution is 0.598. The maximum absolute atomic E-state index is 11.3. The first-order valence-corrected chi connectivity index (χ1v) is 9.44. The number of rotatable bonds is 3. The SMILES string of the molecule is NS(=O)(=O)c1ccc(-c2cn(-c3ccnc4cc(Cl)ccc34)nn2)cc1. The van der Waals surface area contributed by atoms with Crippen LogP contribution in [0.15, 0.2) is 65.8 Å². The van der Waals surface area contributed by atoms with Crippen molar-refractivity contribution < 1.29 is 8.42 Å². The van der Waals surface area contributed by atoms with Crippen molar-refractivity contribution in [3.05, 3.63) is 65.9 Å². The van der Waals surface area contributed by atoms with Gasteiger partial charge in [-0.2, -0.15) is 0 Å². The van der Waals surface area contributed by atoms with Crippen LogP contribution < -0.4 is 5.14 Å². The highest BCUT2D eigenvalue weighted by molar-refractivity contribution is 7.89. The lowest BCUT2D eigenvalue weighted by Gasteiger charge is -2.05. The fourth-order valence-electron chi connectivity index (χ4n) is 2.64. The molecule has 0 aliphatic carbocycles. The first-order chi connectivity index (χ1) is 12.4. The molecule has 0 bridgehead atoms. The number of benzene rings is 2. The molecular formula is C17H12ClN5O2S. The molecule has 26 heavy (non-hydrogen) atoms. The molecule has 2 N–H and O–H groups in total. The van der Waals surface area contributed by atoms with Crippen LogP contribution in [0, 0.1) is 0 Å².